The van der Waals surface area contributed by atoms with Crippen LogP contribution in [0.1, 0.15) is 5.56 Å². The first-order valence-electron chi connectivity index (χ1n) is 14.6. The number of benzene rings is 7. The zero-order valence-corrected chi connectivity index (χ0v) is 23.8. The van der Waals surface area contributed by atoms with Crippen molar-refractivity contribution in [1.29, 1.82) is 5.26 Å². The molecule has 0 amide bonds. The van der Waals surface area contributed by atoms with Crippen LogP contribution >= 0.6 is 0 Å². The Hall–Kier alpha value is -6.11. The molecule has 8 aromatic rings. The van der Waals surface area contributed by atoms with Crippen molar-refractivity contribution in [2.24, 2.45) is 0 Å². The van der Waals surface area contributed by atoms with Gasteiger partial charge in [-0.3, -0.25) is 0 Å². The van der Waals surface area contributed by atoms with Gasteiger partial charge in [-0.2, -0.15) is 5.26 Å². The van der Waals surface area contributed by atoms with E-state index in [1.54, 1.807) is 0 Å². The van der Waals surface area contributed by atoms with Crippen molar-refractivity contribution >= 4 is 32.3 Å². The number of hydrogen-bond acceptors (Lipinski definition) is 3. The Balaban J connectivity index is 1.45. The molecule has 7 aromatic carbocycles. The summed E-state index contributed by atoms with van der Waals surface area (Å²) in [4.78, 5) is 10.4. The van der Waals surface area contributed by atoms with Crippen molar-refractivity contribution in [3.63, 3.8) is 0 Å². The maximum atomic E-state index is 9.35. The Morgan fingerprint density at radius 2 is 1.09 bits per heavy atom. The number of fused-ring (bicyclic) bond motifs is 4. The van der Waals surface area contributed by atoms with E-state index in [1.807, 2.05) is 54.6 Å². The molecule has 0 atom stereocenters. The van der Waals surface area contributed by atoms with Crippen molar-refractivity contribution in [2.45, 2.75) is 0 Å². The van der Waals surface area contributed by atoms with Gasteiger partial charge >= 0.3 is 0 Å². The third-order valence-electron chi connectivity index (χ3n) is 8.31. The highest BCUT2D eigenvalue weighted by molar-refractivity contribution is 6.19. The fraction of sp³-hybridized carbons (Fsp3) is 0. The summed E-state index contributed by atoms with van der Waals surface area (Å²) in [5.41, 5.74) is 7.50. The molecule has 0 aliphatic rings. The normalized spacial score (nSPS) is 11.2. The molecule has 3 nitrogen and oxygen atoms in total. The van der Waals surface area contributed by atoms with Crippen LogP contribution in [-0.4, -0.2) is 9.97 Å². The molecule has 0 bridgehead atoms. The molecule has 3 heteroatoms. The van der Waals surface area contributed by atoms with E-state index in [-0.39, 0.29) is 0 Å². The predicted octanol–water partition coefficient (Wildman–Crippen LogP) is 10.5. The Morgan fingerprint density at radius 3 is 1.89 bits per heavy atom. The molecule has 0 spiro atoms. The molecule has 0 N–H and O–H groups in total. The first-order valence-corrected chi connectivity index (χ1v) is 14.6. The second-order valence-corrected chi connectivity index (χ2v) is 10.9. The van der Waals surface area contributed by atoms with Gasteiger partial charge in [0.15, 0.2) is 5.82 Å². The summed E-state index contributed by atoms with van der Waals surface area (Å²) in [5.74, 6) is 0.676. The van der Waals surface area contributed by atoms with E-state index in [1.165, 1.54) is 21.5 Å². The van der Waals surface area contributed by atoms with Crippen LogP contribution in [0.25, 0.3) is 77.3 Å². The monoisotopic (exact) mass is 559 g/mol. The second kappa shape index (κ2) is 10.6. The van der Waals surface area contributed by atoms with Gasteiger partial charge in [0.05, 0.1) is 23.0 Å². The lowest BCUT2D eigenvalue weighted by Gasteiger charge is -2.16. The Morgan fingerprint density at radius 1 is 0.432 bits per heavy atom. The molecule has 44 heavy (non-hydrogen) atoms. The van der Waals surface area contributed by atoms with Gasteiger partial charge < -0.3 is 0 Å². The third kappa shape index (κ3) is 4.38. The molecule has 1 heterocycles. The predicted molar refractivity (Wildman–Crippen MR) is 181 cm³/mol. The van der Waals surface area contributed by atoms with Gasteiger partial charge in [-0.05, 0) is 67.7 Å². The summed E-state index contributed by atoms with van der Waals surface area (Å²) in [6.45, 7) is 0. The first-order chi connectivity index (χ1) is 21.8. The lowest BCUT2D eigenvalue weighted by Crippen LogP contribution is -1.98. The van der Waals surface area contributed by atoms with Gasteiger partial charge in [-0.25, -0.2) is 9.97 Å². The Kier molecular flexibility index (Phi) is 6.18. The van der Waals surface area contributed by atoms with E-state index in [4.69, 9.17) is 9.97 Å². The third-order valence-corrected chi connectivity index (χ3v) is 8.31. The Bertz CT molecular complexity index is 2380. The lowest BCUT2D eigenvalue weighted by molar-refractivity contribution is 1.19. The summed E-state index contributed by atoms with van der Waals surface area (Å²) in [7, 11) is 0. The van der Waals surface area contributed by atoms with Crippen molar-refractivity contribution in [3.8, 4) is 51.1 Å². The van der Waals surface area contributed by atoms with Gasteiger partial charge in [0.1, 0.15) is 0 Å². The molecule has 0 fully saturated rings. The van der Waals surface area contributed by atoms with Gasteiger partial charge in [-0.1, -0.05) is 127 Å². The minimum Gasteiger partial charge on any atom is -0.228 e. The topological polar surface area (TPSA) is 49.6 Å². The molecule has 0 saturated carbocycles. The van der Waals surface area contributed by atoms with Crippen LogP contribution < -0.4 is 0 Å². The molecular weight excluding hydrogens is 534 g/mol. The maximum Gasteiger partial charge on any atom is 0.160 e. The zero-order valence-electron chi connectivity index (χ0n) is 23.8. The molecule has 0 aliphatic heterocycles. The van der Waals surface area contributed by atoms with E-state index in [0.29, 0.717) is 11.4 Å². The fourth-order valence-electron chi connectivity index (χ4n) is 6.21. The SMILES string of the molecule is N#Cc1ccc(-c2ccccc2-c2cc(-c3c4ccccc4cc4c3ccc3ccccc34)nc(-c3ccccc3)n2)cc1. The molecule has 0 aliphatic carbocycles. The van der Waals surface area contributed by atoms with E-state index >= 15 is 0 Å². The second-order valence-electron chi connectivity index (χ2n) is 10.9. The molecule has 0 unspecified atom stereocenters. The van der Waals surface area contributed by atoms with Crippen molar-refractivity contribution in [3.05, 3.63) is 157 Å². The number of nitrogens with zero attached hydrogens (tertiary/aromatic N) is 3. The summed E-state index contributed by atoms with van der Waals surface area (Å²) < 4.78 is 0. The number of nitriles is 1. The highest BCUT2D eigenvalue weighted by Crippen LogP contribution is 2.41. The van der Waals surface area contributed by atoms with Crippen molar-refractivity contribution in [1.82, 2.24) is 9.97 Å². The summed E-state index contributed by atoms with van der Waals surface area (Å²) >= 11 is 0. The van der Waals surface area contributed by atoms with E-state index in [9.17, 15) is 5.26 Å². The summed E-state index contributed by atoms with van der Waals surface area (Å²) in [6.07, 6.45) is 0. The van der Waals surface area contributed by atoms with Crippen LogP contribution in [-0.2, 0) is 0 Å². The molecular formula is C41H25N3. The number of rotatable bonds is 4. The fourth-order valence-corrected chi connectivity index (χ4v) is 6.21. The highest BCUT2D eigenvalue weighted by atomic mass is 14.9. The van der Waals surface area contributed by atoms with Crippen molar-refractivity contribution < 1.29 is 0 Å². The first kappa shape index (κ1) is 25.6. The molecule has 0 radical (unpaired) electrons. The van der Waals surface area contributed by atoms with Crippen LogP contribution in [0.4, 0.5) is 0 Å². The van der Waals surface area contributed by atoms with E-state index in [0.717, 1.165) is 50.0 Å². The Labute approximate surface area is 255 Å². The standard InChI is InChI=1S/C41H25N3/c42-26-27-18-20-29(21-19-27)32-14-8-9-17-35(32)38-25-39(44-41(43-38)30-11-2-1-3-12-30)40-34-16-7-5-13-31(34)24-37-33-15-6-4-10-28(33)22-23-36(37)40/h1-25H. The van der Waals surface area contributed by atoms with Crippen LogP contribution in [0.5, 0.6) is 0 Å². The van der Waals surface area contributed by atoms with Crippen molar-refractivity contribution in [2.75, 3.05) is 0 Å². The van der Waals surface area contributed by atoms with Crippen LogP contribution in [0.15, 0.2) is 152 Å². The number of hydrogen-bond donors (Lipinski definition) is 0. The van der Waals surface area contributed by atoms with Gasteiger partial charge in [0.25, 0.3) is 0 Å². The summed E-state index contributed by atoms with van der Waals surface area (Å²) in [6, 6.07) is 54.4. The maximum absolute atomic E-state index is 9.35. The van der Waals surface area contributed by atoms with Crippen LogP contribution in [0, 0.1) is 11.3 Å². The molecule has 0 saturated heterocycles. The zero-order chi connectivity index (χ0) is 29.5. The molecule has 204 valence electrons. The minimum absolute atomic E-state index is 0.636. The smallest absolute Gasteiger partial charge is 0.160 e. The highest BCUT2D eigenvalue weighted by Gasteiger charge is 2.18. The van der Waals surface area contributed by atoms with Crippen LogP contribution in [0.2, 0.25) is 0 Å². The van der Waals surface area contributed by atoms with Gasteiger partial charge in [0, 0.05) is 16.7 Å². The summed E-state index contributed by atoms with van der Waals surface area (Å²) in [5, 5.41) is 16.5. The van der Waals surface area contributed by atoms with Gasteiger partial charge in [0.2, 0.25) is 0 Å². The van der Waals surface area contributed by atoms with Crippen LogP contribution in [0.3, 0.4) is 0 Å². The molecule has 8 rings (SSSR count). The minimum atomic E-state index is 0.636. The van der Waals surface area contributed by atoms with E-state index < -0.39 is 0 Å². The number of aromatic nitrogens is 2. The van der Waals surface area contributed by atoms with E-state index in [2.05, 4.69) is 103 Å². The quantitative estimate of drug-likeness (QED) is 0.159. The average molecular weight is 560 g/mol. The van der Waals surface area contributed by atoms with Gasteiger partial charge in [-0.15, -0.1) is 0 Å². The average Bonchev–Trinajstić information content (AvgIpc) is 3.11. The molecule has 1 aromatic heterocycles. The lowest BCUT2D eigenvalue weighted by atomic mass is 9.91. The largest absolute Gasteiger partial charge is 0.228 e.